The molecule has 0 bridgehead atoms. The predicted octanol–water partition coefficient (Wildman–Crippen LogP) is 1.85. The van der Waals surface area contributed by atoms with Crippen molar-refractivity contribution in [2.45, 2.75) is 26.2 Å². The van der Waals surface area contributed by atoms with Crippen LogP contribution in [0.15, 0.2) is 12.1 Å². The number of aliphatic carboxylic acids is 1. The van der Waals surface area contributed by atoms with E-state index < -0.39 is 11.4 Å². The van der Waals surface area contributed by atoms with E-state index in [2.05, 4.69) is 10.2 Å². The molecule has 1 aliphatic rings. The van der Waals surface area contributed by atoms with E-state index in [1.54, 1.807) is 4.90 Å². The summed E-state index contributed by atoms with van der Waals surface area (Å²) in [6.07, 6.45) is 1.50. The smallest absolute Gasteiger partial charge is 0.309 e. The van der Waals surface area contributed by atoms with Gasteiger partial charge in [0.2, 0.25) is 0 Å². The summed E-state index contributed by atoms with van der Waals surface area (Å²) in [7, 11) is 0. The van der Waals surface area contributed by atoms with Crippen molar-refractivity contribution in [2.75, 3.05) is 13.1 Å². The monoisotopic (exact) mass is 297 g/mol. The maximum absolute atomic E-state index is 12.2. The Hall–Kier alpha value is -1.69. The first-order valence-electron chi connectivity index (χ1n) is 6.50. The van der Waals surface area contributed by atoms with Gasteiger partial charge in [0, 0.05) is 13.1 Å². The maximum Gasteiger partial charge on any atom is 0.309 e. The quantitative estimate of drug-likeness (QED) is 0.920. The van der Waals surface area contributed by atoms with Gasteiger partial charge < -0.3 is 10.0 Å². The van der Waals surface area contributed by atoms with E-state index in [0.717, 1.165) is 0 Å². The minimum absolute atomic E-state index is 0.230. The highest BCUT2D eigenvalue weighted by atomic mass is 35.5. The van der Waals surface area contributed by atoms with E-state index in [0.29, 0.717) is 32.4 Å². The van der Waals surface area contributed by atoms with Gasteiger partial charge in [-0.3, -0.25) is 9.59 Å². The molecule has 1 amide bonds. The van der Waals surface area contributed by atoms with Crippen LogP contribution in [0.3, 0.4) is 0 Å². The summed E-state index contributed by atoms with van der Waals surface area (Å²) in [6, 6.07) is 3.04. The first-order valence-corrected chi connectivity index (χ1v) is 6.88. The number of amides is 1. The summed E-state index contributed by atoms with van der Waals surface area (Å²) in [4.78, 5) is 25.2. The lowest BCUT2D eigenvalue weighted by Crippen LogP contribution is -2.46. The largest absolute Gasteiger partial charge is 0.481 e. The summed E-state index contributed by atoms with van der Waals surface area (Å²) in [6.45, 7) is 2.71. The fraction of sp³-hybridized carbons (Fsp3) is 0.538. The molecule has 0 saturated carbocycles. The lowest BCUT2D eigenvalue weighted by molar-refractivity contribution is -0.152. The van der Waals surface area contributed by atoms with Crippen molar-refractivity contribution in [3.8, 4) is 0 Å². The van der Waals surface area contributed by atoms with Gasteiger partial charge in [0.1, 0.15) is 0 Å². The molecule has 0 unspecified atom stereocenters. The van der Waals surface area contributed by atoms with Gasteiger partial charge in [-0.15, -0.1) is 10.2 Å². The summed E-state index contributed by atoms with van der Waals surface area (Å²) >= 11 is 5.63. The van der Waals surface area contributed by atoms with Gasteiger partial charge in [0.25, 0.3) is 5.91 Å². The van der Waals surface area contributed by atoms with Gasteiger partial charge in [-0.2, -0.15) is 0 Å². The van der Waals surface area contributed by atoms with Crippen LogP contribution < -0.4 is 0 Å². The fourth-order valence-electron chi connectivity index (χ4n) is 2.45. The Balaban J connectivity index is 2.05. The third-order valence-corrected chi connectivity index (χ3v) is 4.19. The van der Waals surface area contributed by atoms with Crippen molar-refractivity contribution in [1.29, 1.82) is 0 Å². The molecule has 1 aliphatic heterocycles. The van der Waals surface area contributed by atoms with Crippen LogP contribution in [0.2, 0.25) is 5.15 Å². The van der Waals surface area contributed by atoms with Crippen LogP contribution in [-0.4, -0.2) is 45.2 Å². The van der Waals surface area contributed by atoms with Crippen LogP contribution in [0.5, 0.6) is 0 Å². The molecule has 1 aromatic heterocycles. The van der Waals surface area contributed by atoms with Crippen LogP contribution in [0.25, 0.3) is 0 Å². The highest BCUT2D eigenvalue weighted by molar-refractivity contribution is 6.29. The zero-order valence-electron chi connectivity index (χ0n) is 11.2. The number of carbonyl (C=O) groups excluding carboxylic acids is 1. The van der Waals surface area contributed by atoms with Crippen molar-refractivity contribution in [1.82, 2.24) is 15.1 Å². The number of carboxylic acids is 1. The third-order valence-electron chi connectivity index (χ3n) is 3.99. The van der Waals surface area contributed by atoms with Gasteiger partial charge in [-0.25, -0.2) is 0 Å². The number of likely N-dealkylation sites (tertiary alicyclic amines) is 1. The second kappa shape index (κ2) is 5.75. The molecule has 2 heterocycles. The van der Waals surface area contributed by atoms with Crippen LogP contribution in [-0.2, 0) is 4.79 Å². The molecule has 0 aromatic carbocycles. The van der Waals surface area contributed by atoms with Crippen LogP contribution in [0, 0.1) is 5.41 Å². The summed E-state index contributed by atoms with van der Waals surface area (Å²) in [5, 5.41) is 17.0. The zero-order valence-corrected chi connectivity index (χ0v) is 11.9. The standard InChI is InChI=1S/C13H16ClN3O3/c1-2-13(12(19)20)5-7-17(8-6-13)11(18)9-3-4-10(14)16-15-9/h3-4H,2,5-8H2,1H3,(H,19,20). The van der Waals surface area contributed by atoms with Crippen LogP contribution in [0.1, 0.15) is 36.7 Å². The highest BCUT2D eigenvalue weighted by Crippen LogP contribution is 2.35. The minimum atomic E-state index is -0.779. The van der Waals surface area contributed by atoms with Gasteiger partial charge in [0.05, 0.1) is 5.41 Å². The molecule has 0 aliphatic carbocycles. The van der Waals surface area contributed by atoms with E-state index >= 15 is 0 Å². The van der Waals surface area contributed by atoms with E-state index in [4.69, 9.17) is 11.6 Å². The molecular formula is C13H16ClN3O3. The molecule has 20 heavy (non-hydrogen) atoms. The Bertz CT molecular complexity index is 510. The van der Waals surface area contributed by atoms with Crippen molar-refractivity contribution in [3.05, 3.63) is 23.0 Å². The average molecular weight is 298 g/mol. The zero-order chi connectivity index (χ0) is 14.8. The molecule has 108 valence electrons. The van der Waals surface area contributed by atoms with Gasteiger partial charge in [-0.1, -0.05) is 18.5 Å². The molecule has 1 aromatic rings. The second-order valence-electron chi connectivity index (χ2n) is 4.97. The van der Waals surface area contributed by atoms with E-state index in [9.17, 15) is 14.7 Å². The predicted molar refractivity (Wildman–Crippen MR) is 72.5 cm³/mol. The van der Waals surface area contributed by atoms with Crippen molar-refractivity contribution < 1.29 is 14.7 Å². The van der Waals surface area contributed by atoms with Gasteiger partial charge >= 0.3 is 5.97 Å². The Labute approximate surface area is 121 Å². The molecule has 7 heteroatoms. The van der Waals surface area contributed by atoms with E-state index in [1.807, 2.05) is 6.92 Å². The molecule has 0 spiro atoms. The summed E-state index contributed by atoms with van der Waals surface area (Å²) in [5.74, 6) is -1.01. The van der Waals surface area contributed by atoms with Crippen molar-refractivity contribution >= 4 is 23.5 Å². The third kappa shape index (κ3) is 2.75. The second-order valence-corrected chi connectivity index (χ2v) is 5.36. The maximum atomic E-state index is 12.2. The molecule has 1 N–H and O–H groups in total. The van der Waals surface area contributed by atoms with Gasteiger partial charge in [-0.05, 0) is 31.4 Å². The van der Waals surface area contributed by atoms with Crippen molar-refractivity contribution in [3.63, 3.8) is 0 Å². The van der Waals surface area contributed by atoms with Crippen LogP contribution in [0.4, 0.5) is 0 Å². The lowest BCUT2D eigenvalue weighted by Gasteiger charge is -2.38. The lowest BCUT2D eigenvalue weighted by atomic mass is 9.76. The fourth-order valence-corrected chi connectivity index (χ4v) is 2.55. The molecule has 2 rings (SSSR count). The number of carbonyl (C=O) groups is 2. The van der Waals surface area contributed by atoms with E-state index in [-0.39, 0.29) is 16.8 Å². The number of piperidine rings is 1. The number of rotatable bonds is 3. The molecule has 6 nitrogen and oxygen atoms in total. The highest BCUT2D eigenvalue weighted by Gasteiger charge is 2.41. The number of aromatic nitrogens is 2. The SMILES string of the molecule is CCC1(C(=O)O)CCN(C(=O)c2ccc(Cl)nn2)CC1. The number of hydrogen-bond acceptors (Lipinski definition) is 4. The molecule has 0 radical (unpaired) electrons. The normalized spacial score (nSPS) is 17.8. The molecule has 1 fully saturated rings. The van der Waals surface area contributed by atoms with Gasteiger partial charge in [0.15, 0.2) is 10.8 Å². The molecular weight excluding hydrogens is 282 g/mol. The Morgan fingerprint density at radius 3 is 2.45 bits per heavy atom. The summed E-state index contributed by atoms with van der Waals surface area (Å²) in [5.41, 5.74) is -0.476. The Kier molecular flexibility index (Phi) is 4.23. The molecule has 1 saturated heterocycles. The Morgan fingerprint density at radius 2 is 2.00 bits per heavy atom. The Morgan fingerprint density at radius 1 is 1.35 bits per heavy atom. The first kappa shape index (κ1) is 14.7. The van der Waals surface area contributed by atoms with Crippen molar-refractivity contribution in [2.24, 2.45) is 5.41 Å². The number of carboxylic acid groups (broad SMARTS) is 1. The topological polar surface area (TPSA) is 83.4 Å². The first-order chi connectivity index (χ1) is 9.48. The summed E-state index contributed by atoms with van der Waals surface area (Å²) < 4.78 is 0. The number of hydrogen-bond donors (Lipinski definition) is 1. The average Bonchev–Trinajstić information content (AvgIpc) is 2.47. The minimum Gasteiger partial charge on any atom is -0.481 e. The number of halogens is 1. The van der Waals surface area contributed by atoms with E-state index in [1.165, 1.54) is 12.1 Å². The molecule has 0 atom stereocenters. The number of nitrogens with zero attached hydrogens (tertiary/aromatic N) is 3. The van der Waals surface area contributed by atoms with Crippen LogP contribution >= 0.6 is 11.6 Å².